The first-order valence-electron chi connectivity index (χ1n) is 12.1. The number of non-ortho nitro benzene ring substituents is 1. The fourth-order valence-corrected chi connectivity index (χ4v) is 4.94. The quantitative estimate of drug-likeness (QED) is 0.124. The summed E-state index contributed by atoms with van der Waals surface area (Å²) in [6.07, 6.45) is 1.69. The topological polar surface area (TPSA) is 137 Å². The van der Waals surface area contributed by atoms with Crippen molar-refractivity contribution in [3.63, 3.8) is 0 Å². The Morgan fingerprint density at radius 1 is 0.829 bits per heavy atom. The van der Waals surface area contributed by atoms with Crippen molar-refractivity contribution >= 4 is 51.7 Å². The molecule has 0 aliphatic carbocycles. The van der Waals surface area contributed by atoms with Gasteiger partial charge in [0.05, 0.1) is 39.3 Å². The number of nitro groups is 2. The number of carbonyl (C=O) groups excluding carboxylic acids is 1. The molecular formula is C29H20N4O7S. The highest BCUT2D eigenvalue weighted by Gasteiger charge is 2.34. The van der Waals surface area contributed by atoms with Crippen molar-refractivity contribution in [3.05, 3.63) is 128 Å². The number of benzene rings is 4. The van der Waals surface area contributed by atoms with E-state index >= 15 is 0 Å². The number of aliphatic imine (C=N–C) groups is 1. The number of anilines is 1. The van der Waals surface area contributed by atoms with Gasteiger partial charge in [-0.25, -0.2) is 4.99 Å². The molecule has 1 heterocycles. The molecule has 1 amide bonds. The van der Waals surface area contributed by atoms with Crippen LogP contribution < -0.4 is 14.4 Å². The molecule has 12 heteroatoms. The molecule has 41 heavy (non-hydrogen) atoms. The number of hydrogen-bond acceptors (Lipinski definition) is 9. The Bertz CT molecular complexity index is 1710. The third kappa shape index (κ3) is 5.92. The van der Waals surface area contributed by atoms with Crippen LogP contribution in [0.15, 0.2) is 107 Å². The molecule has 0 unspecified atom stereocenters. The second kappa shape index (κ2) is 11.7. The van der Waals surface area contributed by atoms with Gasteiger partial charge in [-0.2, -0.15) is 0 Å². The van der Waals surface area contributed by atoms with Gasteiger partial charge in [-0.05, 0) is 65.9 Å². The number of thioether (sulfide) groups is 1. The maximum atomic E-state index is 13.5. The van der Waals surface area contributed by atoms with Crippen LogP contribution in [0.2, 0.25) is 0 Å². The van der Waals surface area contributed by atoms with Gasteiger partial charge < -0.3 is 9.47 Å². The number of hydrogen-bond donors (Lipinski definition) is 0. The highest BCUT2D eigenvalue weighted by Crippen LogP contribution is 2.40. The van der Waals surface area contributed by atoms with Crippen LogP contribution in [0.25, 0.3) is 6.08 Å². The zero-order valence-corrected chi connectivity index (χ0v) is 22.2. The molecule has 204 valence electrons. The highest BCUT2D eigenvalue weighted by atomic mass is 32.2. The Hall–Kier alpha value is -5.49. The average Bonchev–Trinajstić information content (AvgIpc) is 3.28. The summed E-state index contributed by atoms with van der Waals surface area (Å²) in [5.41, 5.74) is 0.989. The zero-order valence-electron chi connectivity index (χ0n) is 21.4. The summed E-state index contributed by atoms with van der Waals surface area (Å²) in [4.78, 5) is 41.3. The second-order valence-corrected chi connectivity index (χ2v) is 9.50. The average molecular weight is 569 g/mol. The number of nitrogens with zero attached hydrogens (tertiary/aromatic N) is 4. The lowest BCUT2D eigenvalue weighted by atomic mass is 10.1. The normalized spacial score (nSPS) is 14.9. The minimum absolute atomic E-state index is 0.147. The molecule has 0 N–H and O–H groups in total. The van der Waals surface area contributed by atoms with E-state index in [1.165, 1.54) is 24.9 Å². The Morgan fingerprint density at radius 3 is 2.17 bits per heavy atom. The summed E-state index contributed by atoms with van der Waals surface area (Å²) < 4.78 is 11.2. The van der Waals surface area contributed by atoms with Crippen molar-refractivity contribution < 1.29 is 24.1 Å². The lowest BCUT2D eigenvalue weighted by Crippen LogP contribution is -2.28. The van der Waals surface area contributed by atoms with E-state index in [-0.39, 0.29) is 23.2 Å². The Labute approximate surface area is 237 Å². The Balaban J connectivity index is 1.47. The first-order chi connectivity index (χ1) is 19.8. The zero-order chi connectivity index (χ0) is 28.9. The third-order valence-corrected chi connectivity index (χ3v) is 6.83. The van der Waals surface area contributed by atoms with Gasteiger partial charge >= 0.3 is 5.69 Å². The third-order valence-electron chi connectivity index (χ3n) is 5.86. The van der Waals surface area contributed by atoms with Crippen LogP contribution in [0, 0.1) is 20.2 Å². The maximum absolute atomic E-state index is 13.5. The smallest absolute Gasteiger partial charge is 0.318 e. The molecular weight excluding hydrogens is 548 g/mol. The molecule has 0 aromatic heterocycles. The number of carbonyl (C=O) groups is 1. The maximum Gasteiger partial charge on any atom is 0.318 e. The van der Waals surface area contributed by atoms with Crippen LogP contribution in [0.5, 0.6) is 17.2 Å². The summed E-state index contributed by atoms with van der Waals surface area (Å²) >= 11 is 1.23. The number of amides is 1. The molecule has 0 radical (unpaired) electrons. The van der Waals surface area contributed by atoms with E-state index < -0.39 is 21.2 Å². The van der Waals surface area contributed by atoms with E-state index in [4.69, 9.17) is 14.5 Å². The van der Waals surface area contributed by atoms with Crippen molar-refractivity contribution in [1.82, 2.24) is 0 Å². The van der Waals surface area contributed by atoms with Crippen LogP contribution in [-0.4, -0.2) is 28.0 Å². The summed E-state index contributed by atoms with van der Waals surface area (Å²) in [5, 5.41) is 23.0. The van der Waals surface area contributed by atoms with Gasteiger partial charge in [0, 0.05) is 6.07 Å². The van der Waals surface area contributed by atoms with E-state index in [9.17, 15) is 25.0 Å². The van der Waals surface area contributed by atoms with Crippen LogP contribution in [-0.2, 0) is 4.79 Å². The Kier molecular flexibility index (Phi) is 7.74. The summed E-state index contributed by atoms with van der Waals surface area (Å²) in [5.74, 6) is -0.0572. The van der Waals surface area contributed by atoms with Crippen LogP contribution in [0.3, 0.4) is 0 Å². The molecule has 4 aromatic rings. The number of nitro benzene ring substituents is 2. The lowest BCUT2D eigenvalue weighted by Gasteiger charge is -2.15. The molecule has 4 aromatic carbocycles. The fraction of sp³-hybridized carbons (Fsp3) is 0.0345. The fourth-order valence-electron chi connectivity index (χ4n) is 3.94. The predicted octanol–water partition coefficient (Wildman–Crippen LogP) is 7.11. The van der Waals surface area contributed by atoms with Gasteiger partial charge in [-0.15, -0.1) is 0 Å². The number of ether oxygens (including phenoxy) is 2. The largest absolute Gasteiger partial charge is 0.493 e. The van der Waals surface area contributed by atoms with Crippen molar-refractivity contribution in [2.45, 2.75) is 0 Å². The van der Waals surface area contributed by atoms with Crippen LogP contribution in [0.4, 0.5) is 22.7 Å². The van der Waals surface area contributed by atoms with Gasteiger partial charge in [0.2, 0.25) is 5.75 Å². The molecule has 1 aliphatic rings. The van der Waals surface area contributed by atoms with E-state index in [2.05, 4.69) is 0 Å². The number of amidine groups is 1. The van der Waals surface area contributed by atoms with Gasteiger partial charge in [0.15, 0.2) is 16.7 Å². The lowest BCUT2D eigenvalue weighted by molar-refractivity contribution is -0.394. The summed E-state index contributed by atoms with van der Waals surface area (Å²) in [7, 11) is 1.40. The Morgan fingerprint density at radius 2 is 1.51 bits per heavy atom. The van der Waals surface area contributed by atoms with E-state index in [1.807, 2.05) is 60.7 Å². The minimum atomic E-state index is -0.760. The van der Waals surface area contributed by atoms with E-state index in [0.29, 0.717) is 27.0 Å². The van der Waals surface area contributed by atoms with Crippen LogP contribution >= 0.6 is 11.8 Å². The number of methoxy groups -OCH3 is 1. The van der Waals surface area contributed by atoms with Crippen molar-refractivity contribution in [2.75, 3.05) is 12.0 Å². The van der Waals surface area contributed by atoms with Crippen molar-refractivity contribution in [3.8, 4) is 17.2 Å². The molecule has 5 rings (SSSR count). The predicted molar refractivity (Wildman–Crippen MR) is 156 cm³/mol. The van der Waals surface area contributed by atoms with E-state index in [1.54, 1.807) is 23.1 Å². The van der Waals surface area contributed by atoms with Crippen molar-refractivity contribution in [1.29, 1.82) is 0 Å². The van der Waals surface area contributed by atoms with Gasteiger partial charge in [0.25, 0.3) is 11.6 Å². The monoisotopic (exact) mass is 568 g/mol. The standard InChI is InChI=1S/C29H20N4O7S/c1-39-26-16-19(12-14-25(26)40-24-15-13-22(32(35)36)18-23(24)33(37)38)17-27-28(34)31(21-10-6-3-7-11-21)29(41-27)30-20-8-4-2-5-9-20/h2-18H,1H3/b27-17-,30-29?. The van der Waals surface area contributed by atoms with Crippen LogP contribution in [0.1, 0.15) is 5.56 Å². The molecule has 0 saturated carbocycles. The van der Waals surface area contributed by atoms with Gasteiger partial charge in [-0.3, -0.25) is 29.9 Å². The van der Waals surface area contributed by atoms with Gasteiger partial charge in [-0.1, -0.05) is 42.5 Å². The molecule has 0 bridgehead atoms. The minimum Gasteiger partial charge on any atom is -0.493 e. The number of rotatable bonds is 8. The molecule has 1 aliphatic heterocycles. The first-order valence-corrected chi connectivity index (χ1v) is 12.9. The summed E-state index contributed by atoms with van der Waals surface area (Å²) in [6.45, 7) is 0. The molecule has 0 spiro atoms. The second-order valence-electron chi connectivity index (χ2n) is 8.50. The molecule has 0 atom stereocenters. The number of para-hydroxylation sites is 2. The van der Waals surface area contributed by atoms with Crippen molar-refractivity contribution in [2.24, 2.45) is 4.99 Å². The first kappa shape index (κ1) is 27.1. The SMILES string of the molecule is COc1cc(/C=C2\SC(=Nc3ccccc3)N(c3ccccc3)C2=O)ccc1Oc1ccc([N+](=O)[O-])cc1[N+](=O)[O-]. The summed E-state index contributed by atoms with van der Waals surface area (Å²) in [6, 6.07) is 26.4. The molecule has 11 nitrogen and oxygen atoms in total. The van der Waals surface area contributed by atoms with E-state index in [0.717, 1.165) is 18.2 Å². The molecule has 1 saturated heterocycles. The highest BCUT2D eigenvalue weighted by molar-refractivity contribution is 8.19. The van der Waals surface area contributed by atoms with Gasteiger partial charge in [0.1, 0.15) is 0 Å². The molecule has 1 fully saturated rings.